The number of methoxy groups -OCH3 is 2. The van der Waals surface area contributed by atoms with Crippen molar-refractivity contribution in [3.63, 3.8) is 0 Å². The summed E-state index contributed by atoms with van der Waals surface area (Å²) < 4.78 is 41.1. The maximum Gasteiger partial charge on any atom is 0.306 e. The van der Waals surface area contributed by atoms with Crippen LogP contribution in [0.2, 0.25) is 0 Å². The zero-order valence-electron chi connectivity index (χ0n) is 24.6. The topological polar surface area (TPSA) is 88.3 Å². The predicted molar refractivity (Wildman–Crippen MR) is 147 cm³/mol. The summed E-state index contributed by atoms with van der Waals surface area (Å²) in [4.78, 5) is 13.0. The standard InChI is InChI=1S/C31H46O8/c1-20(2)8-12-26-30(5,39-26)29-28(34-7)24(14-15-31(29)19-37-31)38-27(32)13-10-22-9-11-23(25(18-22)33-6)36-17-16-35-21(3)4/h8-9,11,18,21,24,26,28-29H,10,12-17,19H2,1-7H3/t24-,26?,28-,29-,30?,31+/m1/s1. The summed E-state index contributed by atoms with van der Waals surface area (Å²) in [5.41, 5.74) is 1.67. The van der Waals surface area contributed by atoms with Crippen LogP contribution in [-0.2, 0) is 34.9 Å². The molecule has 2 unspecified atom stereocenters. The number of hydrogen-bond acceptors (Lipinski definition) is 8. The molecule has 0 radical (unpaired) electrons. The van der Waals surface area contributed by atoms with Crippen LogP contribution >= 0.6 is 0 Å². The van der Waals surface area contributed by atoms with Gasteiger partial charge in [0.05, 0.1) is 38.4 Å². The van der Waals surface area contributed by atoms with Crippen LogP contribution in [0.25, 0.3) is 0 Å². The third-order valence-corrected chi connectivity index (χ3v) is 8.16. The van der Waals surface area contributed by atoms with Gasteiger partial charge in [-0.3, -0.25) is 4.79 Å². The van der Waals surface area contributed by atoms with E-state index in [1.807, 2.05) is 32.0 Å². The van der Waals surface area contributed by atoms with Gasteiger partial charge in [0.2, 0.25) is 0 Å². The molecule has 218 valence electrons. The fourth-order valence-corrected chi connectivity index (χ4v) is 5.97. The average molecular weight is 547 g/mol. The lowest BCUT2D eigenvalue weighted by Crippen LogP contribution is -2.55. The Kier molecular flexibility index (Phi) is 9.63. The summed E-state index contributed by atoms with van der Waals surface area (Å²) in [5.74, 6) is 1.07. The van der Waals surface area contributed by atoms with Crippen molar-refractivity contribution >= 4 is 5.97 Å². The Balaban J connectivity index is 1.33. The predicted octanol–water partition coefficient (Wildman–Crippen LogP) is 5.05. The Labute approximate surface area is 233 Å². The zero-order chi connectivity index (χ0) is 28.2. The second-order valence-corrected chi connectivity index (χ2v) is 11.7. The molecule has 0 bridgehead atoms. The minimum atomic E-state index is -0.352. The molecule has 1 aliphatic carbocycles. The highest BCUT2D eigenvalue weighted by atomic mass is 16.6. The molecule has 4 rings (SSSR count). The van der Waals surface area contributed by atoms with Crippen LogP contribution < -0.4 is 9.47 Å². The molecular formula is C31H46O8. The van der Waals surface area contributed by atoms with E-state index < -0.39 is 0 Å². The Hall–Kier alpha value is -2.13. The molecule has 0 aromatic heterocycles. The van der Waals surface area contributed by atoms with E-state index in [1.54, 1.807) is 14.2 Å². The number of esters is 1. The van der Waals surface area contributed by atoms with Gasteiger partial charge in [0.15, 0.2) is 11.5 Å². The van der Waals surface area contributed by atoms with E-state index in [0.717, 1.165) is 24.8 Å². The Morgan fingerprint density at radius 3 is 2.59 bits per heavy atom. The van der Waals surface area contributed by atoms with Crippen molar-refractivity contribution in [1.82, 2.24) is 0 Å². The van der Waals surface area contributed by atoms with E-state index in [-0.39, 0.29) is 53.9 Å². The van der Waals surface area contributed by atoms with Gasteiger partial charge in [0, 0.05) is 13.5 Å². The third-order valence-electron chi connectivity index (χ3n) is 8.16. The van der Waals surface area contributed by atoms with Crippen molar-refractivity contribution < 1.29 is 38.0 Å². The molecule has 8 nitrogen and oxygen atoms in total. The first-order valence-corrected chi connectivity index (χ1v) is 14.2. The number of aryl methyl sites for hydroxylation is 1. The zero-order valence-corrected chi connectivity index (χ0v) is 24.6. The summed E-state index contributed by atoms with van der Waals surface area (Å²) in [6.45, 7) is 12.0. The second kappa shape index (κ2) is 12.6. The average Bonchev–Trinajstić information content (AvgIpc) is 3.82. The maximum absolute atomic E-state index is 13.0. The van der Waals surface area contributed by atoms with Crippen LogP contribution in [0.5, 0.6) is 11.5 Å². The molecule has 0 amide bonds. The van der Waals surface area contributed by atoms with Gasteiger partial charge in [-0.05, 0) is 78.0 Å². The Morgan fingerprint density at radius 2 is 1.95 bits per heavy atom. The molecule has 3 aliphatic rings. The smallest absolute Gasteiger partial charge is 0.306 e. The van der Waals surface area contributed by atoms with E-state index in [0.29, 0.717) is 37.7 Å². The van der Waals surface area contributed by atoms with Crippen LogP contribution in [0.1, 0.15) is 65.9 Å². The van der Waals surface area contributed by atoms with Crippen LogP contribution in [0.3, 0.4) is 0 Å². The van der Waals surface area contributed by atoms with Crippen molar-refractivity contribution in [2.45, 2.75) is 102 Å². The minimum Gasteiger partial charge on any atom is -0.493 e. The van der Waals surface area contributed by atoms with E-state index in [4.69, 9.17) is 33.2 Å². The number of ether oxygens (including phenoxy) is 7. The molecule has 8 heteroatoms. The number of benzene rings is 1. The van der Waals surface area contributed by atoms with Gasteiger partial charge >= 0.3 is 5.97 Å². The molecule has 2 heterocycles. The second-order valence-electron chi connectivity index (χ2n) is 11.7. The molecule has 1 aromatic carbocycles. The van der Waals surface area contributed by atoms with Gasteiger partial charge in [0.25, 0.3) is 0 Å². The van der Waals surface area contributed by atoms with E-state index in [9.17, 15) is 4.79 Å². The Bertz CT molecular complexity index is 1010. The summed E-state index contributed by atoms with van der Waals surface area (Å²) >= 11 is 0. The van der Waals surface area contributed by atoms with Crippen molar-refractivity contribution in [2.75, 3.05) is 34.0 Å². The van der Waals surface area contributed by atoms with Gasteiger partial charge in [-0.25, -0.2) is 0 Å². The highest BCUT2D eigenvalue weighted by molar-refractivity contribution is 5.70. The fourth-order valence-electron chi connectivity index (χ4n) is 5.97. The van der Waals surface area contributed by atoms with Crippen molar-refractivity contribution in [3.8, 4) is 11.5 Å². The van der Waals surface area contributed by atoms with Gasteiger partial charge < -0.3 is 33.2 Å². The summed E-state index contributed by atoms with van der Waals surface area (Å²) in [7, 11) is 3.31. The summed E-state index contributed by atoms with van der Waals surface area (Å²) in [6, 6.07) is 5.74. The van der Waals surface area contributed by atoms with Crippen molar-refractivity contribution in [2.24, 2.45) is 5.92 Å². The lowest BCUT2D eigenvalue weighted by Gasteiger charge is -2.42. The quantitative estimate of drug-likeness (QED) is 0.139. The minimum absolute atomic E-state index is 0.0138. The fraction of sp³-hybridized carbons (Fsp3) is 0.710. The summed E-state index contributed by atoms with van der Waals surface area (Å²) in [5, 5.41) is 0. The SMILES string of the molecule is COc1cc(CCC(=O)O[C@@H]2CC[C@]3(CO3)[C@@H](C3(C)OC3CC=C(C)C)[C@@H]2OC)ccc1OCCOC(C)C. The van der Waals surface area contributed by atoms with Crippen LogP contribution in [-0.4, -0.2) is 75.6 Å². The number of epoxide rings is 2. The highest BCUT2D eigenvalue weighted by Gasteiger charge is 2.72. The lowest BCUT2D eigenvalue weighted by molar-refractivity contribution is -0.171. The largest absolute Gasteiger partial charge is 0.493 e. The van der Waals surface area contributed by atoms with Crippen LogP contribution in [0.4, 0.5) is 0 Å². The molecule has 1 aromatic rings. The Morgan fingerprint density at radius 1 is 1.18 bits per heavy atom. The first-order chi connectivity index (χ1) is 18.6. The normalized spacial score (nSPS) is 31.2. The molecule has 0 N–H and O–H groups in total. The molecule has 1 spiro atoms. The number of carbonyl (C=O) groups is 1. The molecule has 2 aliphatic heterocycles. The van der Waals surface area contributed by atoms with Crippen molar-refractivity contribution in [1.29, 1.82) is 0 Å². The summed E-state index contributed by atoms with van der Waals surface area (Å²) in [6.07, 6.45) is 5.12. The number of carbonyl (C=O) groups excluding carboxylic acids is 1. The van der Waals surface area contributed by atoms with Gasteiger partial charge in [-0.15, -0.1) is 0 Å². The number of rotatable bonds is 14. The molecular weight excluding hydrogens is 500 g/mol. The van der Waals surface area contributed by atoms with Gasteiger partial charge in [-0.1, -0.05) is 17.7 Å². The van der Waals surface area contributed by atoms with Crippen LogP contribution in [0.15, 0.2) is 29.8 Å². The van der Waals surface area contributed by atoms with E-state index in [1.165, 1.54) is 5.57 Å². The van der Waals surface area contributed by atoms with Gasteiger partial charge in [0.1, 0.15) is 30.0 Å². The maximum atomic E-state index is 13.0. The first-order valence-electron chi connectivity index (χ1n) is 14.2. The number of allylic oxidation sites excluding steroid dienone is 1. The van der Waals surface area contributed by atoms with Gasteiger partial charge in [-0.2, -0.15) is 0 Å². The molecule has 39 heavy (non-hydrogen) atoms. The molecule has 2 saturated heterocycles. The monoisotopic (exact) mass is 546 g/mol. The van der Waals surface area contributed by atoms with E-state index in [2.05, 4.69) is 26.8 Å². The van der Waals surface area contributed by atoms with E-state index >= 15 is 0 Å². The first kappa shape index (κ1) is 29.8. The third kappa shape index (κ3) is 7.15. The number of hydrogen-bond donors (Lipinski definition) is 0. The van der Waals surface area contributed by atoms with Crippen molar-refractivity contribution in [3.05, 3.63) is 35.4 Å². The van der Waals surface area contributed by atoms with Crippen LogP contribution in [0, 0.1) is 5.92 Å². The molecule has 1 saturated carbocycles. The molecule has 3 fully saturated rings. The lowest BCUT2D eigenvalue weighted by atomic mass is 9.68. The highest BCUT2D eigenvalue weighted by Crippen LogP contribution is 2.59. The molecule has 6 atom stereocenters.